The molecule has 10 nitrogen and oxygen atoms in total. The van der Waals surface area contributed by atoms with E-state index in [0.29, 0.717) is 40.4 Å². The predicted molar refractivity (Wildman–Crippen MR) is 123 cm³/mol. The largest absolute Gasteiger partial charge is 0.494 e. The number of hydrogen-bond donors (Lipinski definition) is 2. The van der Waals surface area contributed by atoms with Crippen LogP contribution in [-0.2, 0) is 16.6 Å². The predicted octanol–water partition coefficient (Wildman–Crippen LogP) is 2.28. The number of aromatic nitrogens is 4. The molecule has 1 aliphatic rings. The van der Waals surface area contributed by atoms with Crippen molar-refractivity contribution in [3.63, 3.8) is 0 Å². The Morgan fingerprint density at radius 3 is 2.44 bits per heavy atom. The first-order valence-electron chi connectivity index (χ1n) is 10.5. The van der Waals surface area contributed by atoms with Crippen molar-refractivity contribution in [2.75, 3.05) is 7.11 Å². The number of nitrogens with two attached hydrogens (primary N) is 2. The van der Waals surface area contributed by atoms with Crippen molar-refractivity contribution in [3.05, 3.63) is 60.6 Å². The van der Waals surface area contributed by atoms with E-state index in [-0.39, 0.29) is 5.92 Å². The van der Waals surface area contributed by atoms with Crippen LogP contribution in [0.3, 0.4) is 0 Å². The molecule has 2 amide bonds. The van der Waals surface area contributed by atoms with Gasteiger partial charge < -0.3 is 20.9 Å². The van der Waals surface area contributed by atoms with Crippen molar-refractivity contribution in [2.45, 2.75) is 12.3 Å². The van der Waals surface area contributed by atoms with Crippen molar-refractivity contribution < 1.29 is 19.1 Å². The summed E-state index contributed by atoms with van der Waals surface area (Å²) in [7, 11) is 3.41. The fraction of sp³-hybridized carbons (Fsp3) is 0.208. The van der Waals surface area contributed by atoms with E-state index in [1.165, 1.54) is 0 Å². The molecule has 1 unspecified atom stereocenters. The zero-order valence-electron chi connectivity index (χ0n) is 18.6. The first kappa shape index (κ1) is 21.4. The number of pyridine rings is 2. The van der Waals surface area contributed by atoms with Crippen LogP contribution in [0.15, 0.2) is 55.0 Å². The van der Waals surface area contributed by atoms with Gasteiger partial charge in [0.15, 0.2) is 5.75 Å². The molecule has 1 fully saturated rings. The summed E-state index contributed by atoms with van der Waals surface area (Å²) in [5.41, 5.74) is 13.0. The smallest absolute Gasteiger partial charge is 0.233 e. The number of methoxy groups -OCH3 is 1. The lowest BCUT2D eigenvalue weighted by Gasteiger charge is -2.12. The highest BCUT2D eigenvalue weighted by Gasteiger charge is 2.64. The van der Waals surface area contributed by atoms with Gasteiger partial charge in [0.25, 0.3) is 0 Å². The van der Waals surface area contributed by atoms with Gasteiger partial charge in [0.1, 0.15) is 28.1 Å². The van der Waals surface area contributed by atoms with Crippen molar-refractivity contribution in [1.29, 1.82) is 0 Å². The number of nitrogens with zero attached hydrogens (tertiary/aromatic N) is 4. The first-order valence-corrected chi connectivity index (χ1v) is 10.5. The average Bonchev–Trinajstić information content (AvgIpc) is 3.46. The summed E-state index contributed by atoms with van der Waals surface area (Å²) in [6.45, 7) is 0. The van der Waals surface area contributed by atoms with Crippen LogP contribution in [0.1, 0.15) is 17.9 Å². The highest BCUT2D eigenvalue weighted by molar-refractivity contribution is 6.08. The van der Waals surface area contributed by atoms with E-state index >= 15 is 0 Å². The molecule has 4 aromatic rings. The number of aryl methyl sites for hydroxylation is 1. The van der Waals surface area contributed by atoms with Crippen LogP contribution < -0.4 is 20.9 Å². The maximum absolute atomic E-state index is 11.8. The van der Waals surface area contributed by atoms with Crippen LogP contribution in [0.2, 0.25) is 0 Å². The molecule has 1 aromatic carbocycles. The van der Waals surface area contributed by atoms with Gasteiger partial charge in [0, 0.05) is 43.1 Å². The van der Waals surface area contributed by atoms with Gasteiger partial charge in [-0.25, -0.2) is 4.98 Å². The quantitative estimate of drug-likeness (QED) is 0.404. The van der Waals surface area contributed by atoms with E-state index in [1.807, 2.05) is 13.2 Å². The number of fused-ring (bicyclic) bond motifs is 1. The van der Waals surface area contributed by atoms with Crippen LogP contribution in [0.4, 0.5) is 0 Å². The highest BCUT2D eigenvalue weighted by atomic mass is 16.5. The summed E-state index contributed by atoms with van der Waals surface area (Å²) < 4.78 is 13.3. The summed E-state index contributed by atoms with van der Waals surface area (Å²) in [5.74, 6) is -0.0680. The van der Waals surface area contributed by atoms with Gasteiger partial charge in [-0.15, -0.1) is 0 Å². The molecule has 10 heteroatoms. The SMILES string of the molecule is COc1cc2nccc(Oc3ccc(C4CC4(C(N)=O)C(N)=O)cc3)c2nc1-c1cnn(C)c1. The Hall–Kier alpha value is -4.47. The van der Waals surface area contributed by atoms with Crippen molar-refractivity contribution in [3.8, 4) is 28.5 Å². The third-order valence-corrected chi connectivity index (χ3v) is 6.19. The number of carbonyl (C=O) groups is 2. The fourth-order valence-corrected chi connectivity index (χ4v) is 4.24. The standard InChI is InChI=1S/C24H22N6O4/c1-30-12-14(11-28-30)20-19(33-2)9-17-21(29-20)18(7-8-27-17)34-15-5-3-13(4-6-15)16-10-24(16,22(25)31)23(26)32/h3-9,11-12,16H,10H2,1-2H3,(H2,25,31)(H2,26,32). The van der Waals surface area contributed by atoms with E-state index < -0.39 is 17.2 Å². The van der Waals surface area contributed by atoms with Gasteiger partial charge >= 0.3 is 0 Å². The van der Waals surface area contributed by atoms with Crippen molar-refractivity contribution in [2.24, 2.45) is 23.9 Å². The van der Waals surface area contributed by atoms with Crippen LogP contribution in [-0.4, -0.2) is 38.7 Å². The molecule has 3 aromatic heterocycles. The molecule has 0 bridgehead atoms. The Balaban J connectivity index is 1.46. The number of ether oxygens (including phenoxy) is 2. The minimum atomic E-state index is -1.31. The van der Waals surface area contributed by atoms with Crippen LogP contribution in [0, 0.1) is 5.41 Å². The monoisotopic (exact) mass is 458 g/mol. The molecule has 0 saturated heterocycles. The molecule has 5 rings (SSSR count). The Kier molecular flexibility index (Phi) is 4.93. The molecule has 3 heterocycles. The van der Waals surface area contributed by atoms with E-state index in [4.69, 9.17) is 25.9 Å². The molecule has 1 atom stereocenters. The summed E-state index contributed by atoms with van der Waals surface area (Å²) in [6, 6.07) is 10.7. The number of amides is 2. The lowest BCUT2D eigenvalue weighted by atomic mass is 9.97. The second kappa shape index (κ2) is 7.84. The lowest BCUT2D eigenvalue weighted by Crippen LogP contribution is -2.38. The van der Waals surface area contributed by atoms with Crippen molar-refractivity contribution in [1.82, 2.24) is 19.7 Å². The third-order valence-electron chi connectivity index (χ3n) is 6.19. The fourth-order valence-electron chi connectivity index (χ4n) is 4.24. The van der Waals surface area contributed by atoms with Gasteiger partial charge in [-0.2, -0.15) is 5.10 Å². The Morgan fingerprint density at radius 1 is 1.12 bits per heavy atom. The van der Waals surface area contributed by atoms with Gasteiger partial charge in [0.05, 0.1) is 18.8 Å². The molecule has 0 aliphatic heterocycles. The summed E-state index contributed by atoms with van der Waals surface area (Å²) >= 11 is 0. The zero-order valence-corrected chi connectivity index (χ0v) is 18.6. The third kappa shape index (κ3) is 3.40. The Labute approximate surface area is 194 Å². The lowest BCUT2D eigenvalue weighted by molar-refractivity contribution is -0.133. The molecular weight excluding hydrogens is 436 g/mol. The van der Waals surface area contributed by atoms with E-state index in [0.717, 1.165) is 11.1 Å². The Bertz CT molecular complexity index is 1420. The number of benzene rings is 1. The molecular formula is C24H22N6O4. The first-order chi connectivity index (χ1) is 16.3. The molecule has 4 N–H and O–H groups in total. The molecule has 0 radical (unpaired) electrons. The summed E-state index contributed by atoms with van der Waals surface area (Å²) in [6.07, 6.45) is 5.51. The van der Waals surface area contributed by atoms with Crippen LogP contribution >= 0.6 is 0 Å². The number of primary amides is 2. The minimum absolute atomic E-state index is 0.315. The maximum atomic E-state index is 11.8. The van der Waals surface area contributed by atoms with E-state index in [9.17, 15) is 9.59 Å². The maximum Gasteiger partial charge on any atom is 0.233 e. The van der Waals surface area contributed by atoms with Crippen LogP contribution in [0.25, 0.3) is 22.3 Å². The van der Waals surface area contributed by atoms with Gasteiger partial charge in [-0.1, -0.05) is 12.1 Å². The van der Waals surface area contributed by atoms with E-state index in [2.05, 4.69) is 10.1 Å². The normalized spacial score (nSPS) is 16.2. The molecule has 34 heavy (non-hydrogen) atoms. The topological polar surface area (TPSA) is 148 Å². The van der Waals surface area contributed by atoms with Gasteiger partial charge in [0.2, 0.25) is 11.8 Å². The molecule has 0 spiro atoms. The van der Waals surface area contributed by atoms with E-state index in [1.54, 1.807) is 60.6 Å². The van der Waals surface area contributed by atoms with Gasteiger partial charge in [-0.3, -0.25) is 19.3 Å². The van der Waals surface area contributed by atoms with Gasteiger partial charge in [-0.05, 0) is 24.1 Å². The second-order valence-electron chi connectivity index (χ2n) is 8.25. The average molecular weight is 458 g/mol. The molecule has 1 aliphatic carbocycles. The Morgan fingerprint density at radius 2 is 1.85 bits per heavy atom. The number of hydrogen-bond acceptors (Lipinski definition) is 7. The molecule has 1 saturated carbocycles. The molecule has 172 valence electrons. The summed E-state index contributed by atoms with van der Waals surface area (Å²) in [5, 5.41) is 4.21. The number of carbonyl (C=O) groups excluding carboxylic acids is 2. The highest BCUT2D eigenvalue weighted by Crippen LogP contribution is 2.59. The minimum Gasteiger partial charge on any atom is -0.494 e. The second-order valence-corrected chi connectivity index (χ2v) is 8.25. The summed E-state index contributed by atoms with van der Waals surface area (Å²) in [4.78, 5) is 32.7. The van der Waals surface area contributed by atoms with Crippen molar-refractivity contribution >= 4 is 22.8 Å². The number of rotatable bonds is 7. The van der Waals surface area contributed by atoms with Crippen LogP contribution in [0.5, 0.6) is 17.2 Å². The zero-order chi connectivity index (χ0) is 24.0.